The number of nitrogens with one attached hydrogen (secondary N) is 1. The monoisotopic (exact) mass is 292 g/mol. The molecule has 0 saturated carbocycles. The van der Waals surface area contributed by atoms with Gasteiger partial charge >= 0.3 is 0 Å². The van der Waals surface area contributed by atoms with Crippen molar-refractivity contribution < 1.29 is 0 Å². The van der Waals surface area contributed by atoms with Gasteiger partial charge in [-0.05, 0) is 24.8 Å². The number of rotatable bonds is 3. The SMILES string of the molecule is CNc1nc(Sc2nncn2C)c2cc(C)sc2n1. The molecule has 6 nitrogen and oxygen atoms in total. The average Bonchev–Trinajstić information content (AvgIpc) is 2.95. The Morgan fingerprint density at radius 1 is 1.37 bits per heavy atom. The van der Waals surface area contributed by atoms with E-state index in [1.807, 2.05) is 18.7 Å². The van der Waals surface area contributed by atoms with Crippen LogP contribution in [0.4, 0.5) is 5.95 Å². The molecule has 0 saturated heterocycles. The minimum absolute atomic E-state index is 0.624. The Morgan fingerprint density at radius 2 is 2.21 bits per heavy atom. The highest BCUT2D eigenvalue weighted by molar-refractivity contribution is 7.99. The molecule has 0 aliphatic rings. The van der Waals surface area contributed by atoms with E-state index in [1.54, 1.807) is 17.7 Å². The molecule has 0 radical (unpaired) electrons. The highest BCUT2D eigenvalue weighted by atomic mass is 32.2. The van der Waals surface area contributed by atoms with E-state index in [4.69, 9.17) is 0 Å². The first kappa shape index (κ1) is 12.4. The van der Waals surface area contributed by atoms with Gasteiger partial charge in [-0.3, -0.25) is 0 Å². The first-order valence-electron chi connectivity index (χ1n) is 5.65. The van der Waals surface area contributed by atoms with E-state index in [0.29, 0.717) is 5.95 Å². The zero-order chi connectivity index (χ0) is 13.4. The number of fused-ring (bicyclic) bond motifs is 1. The lowest BCUT2D eigenvalue weighted by molar-refractivity contribution is 0.787. The summed E-state index contributed by atoms with van der Waals surface area (Å²) in [6.07, 6.45) is 1.68. The van der Waals surface area contributed by atoms with Gasteiger partial charge in [0.2, 0.25) is 5.95 Å². The van der Waals surface area contributed by atoms with E-state index in [-0.39, 0.29) is 0 Å². The van der Waals surface area contributed by atoms with Crippen LogP contribution in [0, 0.1) is 6.92 Å². The van der Waals surface area contributed by atoms with Crippen molar-refractivity contribution in [1.29, 1.82) is 0 Å². The fourth-order valence-corrected chi connectivity index (χ4v) is 3.45. The van der Waals surface area contributed by atoms with Crippen LogP contribution in [0.1, 0.15) is 4.88 Å². The number of aromatic nitrogens is 5. The number of anilines is 1. The normalized spacial score (nSPS) is 11.1. The molecular formula is C11H12N6S2. The first-order chi connectivity index (χ1) is 9.17. The molecule has 0 unspecified atom stereocenters. The Morgan fingerprint density at radius 3 is 2.89 bits per heavy atom. The van der Waals surface area contributed by atoms with Crippen molar-refractivity contribution in [3.63, 3.8) is 0 Å². The van der Waals surface area contributed by atoms with Crippen LogP contribution in [0.5, 0.6) is 0 Å². The van der Waals surface area contributed by atoms with Crippen molar-refractivity contribution in [2.45, 2.75) is 17.1 Å². The third kappa shape index (κ3) is 2.28. The molecule has 0 fully saturated rings. The maximum absolute atomic E-state index is 4.51. The highest BCUT2D eigenvalue weighted by Crippen LogP contribution is 2.34. The molecule has 0 amide bonds. The van der Waals surface area contributed by atoms with E-state index < -0.39 is 0 Å². The Kier molecular flexibility index (Phi) is 3.11. The van der Waals surface area contributed by atoms with E-state index >= 15 is 0 Å². The number of aryl methyl sites for hydroxylation is 2. The zero-order valence-electron chi connectivity index (χ0n) is 10.7. The molecule has 3 aromatic heterocycles. The molecule has 19 heavy (non-hydrogen) atoms. The van der Waals surface area contributed by atoms with Crippen molar-refractivity contribution in [2.75, 3.05) is 12.4 Å². The molecule has 3 heterocycles. The summed E-state index contributed by atoms with van der Waals surface area (Å²) in [4.78, 5) is 11.2. The third-order valence-electron chi connectivity index (χ3n) is 2.56. The Bertz CT molecular complexity index is 732. The molecule has 0 atom stereocenters. The summed E-state index contributed by atoms with van der Waals surface area (Å²) in [6, 6.07) is 2.11. The minimum atomic E-state index is 0.624. The number of thiophene rings is 1. The van der Waals surface area contributed by atoms with Crippen LogP contribution in [0.25, 0.3) is 10.2 Å². The lowest BCUT2D eigenvalue weighted by Gasteiger charge is -2.04. The smallest absolute Gasteiger partial charge is 0.224 e. The number of hydrogen-bond acceptors (Lipinski definition) is 7. The van der Waals surface area contributed by atoms with Crippen LogP contribution in [-0.4, -0.2) is 31.8 Å². The largest absolute Gasteiger partial charge is 0.357 e. The standard InChI is InChI=1S/C11H12N6S2/c1-6-4-7-8(18-6)14-10(12-2)15-9(7)19-11-16-13-5-17(11)3/h4-5H,1-3H3,(H,12,14,15). The predicted molar refractivity (Wildman–Crippen MR) is 76.8 cm³/mol. The summed E-state index contributed by atoms with van der Waals surface area (Å²) in [5.74, 6) is 0.624. The third-order valence-corrected chi connectivity index (χ3v) is 4.56. The van der Waals surface area contributed by atoms with Crippen LogP contribution >= 0.6 is 23.1 Å². The van der Waals surface area contributed by atoms with Gasteiger partial charge in [-0.25, -0.2) is 9.97 Å². The van der Waals surface area contributed by atoms with E-state index in [1.165, 1.54) is 16.6 Å². The second-order valence-electron chi connectivity index (χ2n) is 4.00. The van der Waals surface area contributed by atoms with Gasteiger partial charge in [0.25, 0.3) is 0 Å². The Labute approximate surface area is 118 Å². The first-order valence-corrected chi connectivity index (χ1v) is 7.28. The molecule has 3 aromatic rings. The Hall–Kier alpha value is -1.67. The lowest BCUT2D eigenvalue weighted by atomic mass is 10.4. The van der Waals surface area contributed by atoms with Crippen molar-refractivity contribution in [2.24, 2.45) is 7.05 Å². The van der Waals surface area contributed by atoms with Crippen LogP contribution in [0.2, 0.25) is 0 Å². The lowest BCUT2D eigenvalue weighted by Crippen LogP contribution is -1.98. The van der Waals surface area contributed by atoms with Gasteiger partial charge < -0.3 is 9.88 Å². The van der Waals surface area contributed by atoms with E-state index in [2.05, 4.69) is 38.5 Å². The fraction of sp³-hybridized carbons (Fsp3) is 0.273. The van der Waals surface area contributed by atoms with E-state index in [9.17, 15) is 0 Å². The maximum atomic E-state index is 4.51. The molecule has 0 aliphatic carbocycles. The molecule has 0 aliphatic heterocycles. The van der Waals surface area contributed by atoms with Crippen LogP contribution < -0.4 is 5.32 Å². The predicted octanol–water partition coefficient (Wildman–Crippen LogP) is 2.32. The van der Waals surface area contributed by atoms with Crippen LogP contribution in [-0.2, 0) is 7.05 Å². The topological polar surface area (TPSA) is 68.5 Å². The molecular weight excluding hydrogens is 280 g/mol. The fourth-order valence-electron chi connectivity index (χ4n) is 1.66. The second kappa shape index (κ2) is 4.78. The van der Waals surface area contributed by atoms with Gasteiger partial charge in [0.1, 0.15) is 16.2 Å². The molecule has 1 N–H and O–H groups in total. The summed E-state index contributed by atoms with van der Waals surface area (Å²) in [5.41, 5.74) is 0. The van der Waals surface area contributed by atoms with Gasteiger partial charge in [-0.15, -0.1) is 21.5 Å². The average molecular weight is 292 g/mol. The van der Waals surface area contributed by atoms with Gasteiger partial charge in [0, 0.05) is 24.4 Å². The molecule has 0 bridgehead atoms. The summed E-state index contributed by atoms with van der Waals surface area (Å²) in [6.45, 7) is 2.07. The molecule has 3 rings (SSSR count). The summed E-state index contributed by atoms with van der Waals surface area (Å²) < 4.78 is 1.87. The van der Waals surface area contributed by atoms with Crippen molar-refractivity contribution in [1.82, 2.24) is 24.7 Å². The Balaban J connectivity index is 2.13. The number of nitrogens with zero attached hydrogens (tertiary/aromatic N) is 5. The molecule has 0 aromatic carbocycles. The van der Waals surface area contributed by atoms with E-state index in [0.717, 1.165) is 20.4 Å². The molecule has 8 heteroatoms. The summed E-state index contributed by atoms with van der Waals surface area (Å²) >= 11 is 3.16. The van der Waals surface area contributed by atoms with Gasteiger partial charge in [0.15, 0.2) is 5.16 Å². The highest BCUT2D eigenvalue weighted by Gasteiger charge is 2.13. The summed E-state index contributed by atoms with van der Waals surface area (Å²) in [5, 5.41) is 13.7. The minimum Gasteiger partial charge on any atom is -0.357 e. The molecule has 98 valence electrons. The van der Waals surface area contributed by atoms with Crippen molar-refractivity contribution in [3.8, 4) is 0 Å². The van der Waals surface area contributed by atoms with Crippen molar-refractivity contribution in [3.05, 3.63) is 17.3 Å². The zero-order valence-corrected chi connectivity index (χ0v) is 12.3. The quantitative estimate of drug-likeness (QED) is 0.747. The number of hydrogen-bond donors (Lipinski definition) is 1. The van der Waals surface area contributed by atoms with Crippen LogP contribution in [0.15, 0.2) is 22.6 Å². The van der Waals surface area contributed by atoms with Crippen molar-refractivity contribution >= 4 is 39.3 Å². The maximum Gasteiger partial charge on any atom is 0.224 e. The second-order valence-corrected chi connectivity index (χ2v) is 6.20. The summed E-state index contributed by atoms with van der Waals surface area (Å²) in [7, 11) is 3.73. The van der Waals surface area contributed by atoms with Gasteiger partial charge in [-0.2, -0.15) is 0 Å². The van der Waals surface area contributed by atoms with Gasteiger partial charge in [0.05, 0.1) is 0 Å². The van der Waals surface area contributed by atoms with Crippen LogP contribution in [0.3, 0.4) is 0 Å². The molecule has 0 spiro atoms. The van der Waals surface area contributed by atoms with Gasteiger partial charge in [-0.1, -0.05) is 0 Å².